The van der Waals surface area contributed by atoms with E-state index in [0.29, 0.717) is 19.1 Å². The zero-order valence-electron chi connectivity index (χ0n) is 8.87. The summed E-state index contributed by atoms with van der Waals surface area (Å²) < 4.78 is 5.24. The summed E-state index contributed by atoms with van der Waals surface area (Å²) in [6.45, 7) is 1.93. The molecule has 0 aliphatic heterocycles. The molecule has 0 amide bonds. The molecule has 0 unspecified atom stereocenters. The molecule has 1 heterocycles. The molecule has 2 aromatic rings. The second-order valence-electron chi connectivity index (χ2n) is 3.33. The minimum atomic E-state index is 0.532. The number of hydrogen-bond donors (Lipinski definition) is 2. The van der Waals surface area contributed by atoms with E-state index in [4.69, 9.17) is 16.3 Å². The number of fused-ring (bicyclic) bond motifs is 1. The minimum absolute atomic E-state index is 0.532. The van der Waals surface area contributed by atoms with Gasteiger partial charge in [-0.25, -0.2) is 4.98 Å². The van der Waals surface area contributed by atoms with E-state index in [9.17, 15) is 0 Å². The number of anilines is 1. The number of aromatic amines is 1. The topological polar surface area (TPSA) is 49.9 Å². The molecule has 2 rings (SSSR count). The van der Waals surface area contributed by atoms with E-state index in [-0.39, 0.29) is 0 Å². The fourth-order valence-corrected chi connectivity index (χ4v) is 1.54. The Kier molecular flexibility index (Phi) is 4.02. The first kappa shape index (κ1) is 11.2. The van der Waals surface area contributed by atoms with Gasteiger partial charge in [-0.3, -0.25) is 0 Å². The molecule has 0 fully saturated rings. The van der Waals surface area contributed by atoms with Gasteiger partial charge in [0, 0.05) is 12.4 Å². The van der Waals surface area contributed by atoms with Crippen molar-refractivity contribution in [1.29, 1.82) is 0 Å². The third-order valence-electron chi connectivity index (χ3n) is 2.15. The highest BCUT2D eigenvalue weighted by Crippen LogP contribution is 2.12. The summed E-state index contributed by atoms with van der Waals surface area (Å²) in [6.07, 6.45) is 0. The Morgan fingerprint density at radius 1 is 1.31 bits per heavy atom. The third kappa shape index (κ3) is 2.87. The van der Waals surface area contributed by atoms with E-state index in [2.05, 4.69) is 15.3 Å². The van der Waals surface area contributed by atoms with Gasteiger partial charge in [-0.1, -0.05) is 12.1 Å². The molecule has 0 saturated heterocycles. The van der Waals surface area contributed by atoms with Crippen LogP contribution in [0.5, 0.6) is 0 Å². The number of ether oxygens (including phenoxy) is 1. The van der Waals surface area contributed by atoms with Crippen molar-refractivity contribution in [1.82, 2.24) is 9.97 Å². The summed E-state index contributed by atoms with van der Waals surface area (Å²) in [5.41, 5.74) is 2.00. The molecule has 0 saturated carbocycles. The molecule has 0 aliphatic rings. The third-order valence-corrected chi connectivity index (χ3v) is 2.30. The van der Waals surface area contributed by atoms with Crippen LogP contribution >= 0.6 is 11.6 Å². The maximum Gasteiger partial charge on any atom is 0.201 e. The van der Waals surface area contributed by atoms with Crippen LogP contribution in [0.4, 0.5) is 5.95 Å². The van der Waals surface area contributed by atoms with Crippen molar-refractivity contribution >= 4 is 28.6 Å². The van der Waals surface area contributed by atoms with Crippen LogP contribution in [0, 0.1) is 0 Å². The molecule has 0 aliphatic carbocycles. The molecule has 4 nitrogen and oxygen atoms in total. The van der Waals surface area contributed by atoms with Crippen LogP contribution < -0.4 is 5.32 Å². The zero-order chi connectivity index (χ0) is 11.2. The van der Waals surface area contributed by atoms with Gasteiger partial charge >= 0.3 is 0 Å². The first-order valence-corrected chi connectivity index (χ1v) is 5.76. The van der Waals surface area contributed by atoms with Crippen LogP contribution in [-0.4, -0.2) is 35.6 Å². The van der Waals surface area contributed by atoms with Crippen LogP contribution in [0.15, 0.2) is 24.3 Å². The summed E-state index contributed by atoms with van der Waals surface area (Å²) in [7, 11) is 0. The quantitative estimate of drug-likeness (QED) is 0.600. The smallest absolute Gasteiger partial charge is 0.201 e. The normalized spacial score (nSPS) is 10.8. The monoisotopic (exact) mass is 239 g/mol. The van der Waals surface area contributed by atoms with Crippen molar-refractivity contribution in [2.24, 2.45) is 0 Å². The fraction of sp³-hybridized carbons (Fsp3) is 0.364. The number of nitrogens with one attached hydrogen (secondary N) is 2. The first-order chi connectivity index (χ1) is 7.90. The number of rotatable bonds is 6. The zero-order valence-corrected chi connectivity index (χ0v) is 9.63. The number of benzene rings is 1. The number of imidazole rings is 1. The summed E-state index contributed by atoms with van der Waals surface area (Å²) in [4.78, 5) is 7.56. The Labute approximate surface area is 99.0 Å². The number of hydrogen-bond acceptors (Lipinski definition) is 3. The summed E-state index contributed by atoms with van der Waals surface area (Å²) in [5, 5.41) is 3.16. The van der Waals surface area contributed by atoms with E-state index in [1.54, 1.807) is 0 Å². The SMILES string of the molecule is ClCCOCCNc1nc2ccccc2[nH]1. The van der Waals surface area contributed by atoms with Gasteiger partial charge in [-0.15, -0.1) is 11.6 Å². The highest BCUT2D eigenvalue weighted by molar-refractivity contribution is 6.17. The second-order valence-corrected chi connectivity index (χ2v) is 3.71. The van der Waals surface area contributed by atoms with Crippen molar-refractivity contribution in [3.05, 3.63) is 24.3 Å². The second kappa shape index (κ2) is 5.72. The molecule has 0 radical (unpaired) electrons. The Balaban J connectivity index is 1.85. The lowest BCUT2D eigenvalue weighted by atomic mass is 10.3. The molecule has 5 heteroatoms. The predicted molar refractivity (Wildman–Crippen MR) is 66.1 cm³/mol. The molecule has 0 atom stereocenters. The molecular formula is C11H14ClN3O. The Hall–Kier alpha value is -1.26. The molecule has 1 aromatic heterocycles. The van der Waals surface area contributed by atoms with E-state index in [1.807, 2.05) is 24.3 Å². The van der Waals surface area contributed by atoms with Gasteiger partial charge in [0.2, 0.25) is 5.95 Å². The van der Waals surface area contributed by atoms with Gasteiger partial charge in [0.15, 0.2) is 0 Å². The number of H-pyrrole nitrogens is 1. The van der Waals surface area contributed by atoms with Gasteiger partial charge < -0.3 is 15.0 Å². The Morgan fingerprint density at radius 3 is 3.00 bits per heavy atom. The number of aromatic nitrogens is 2. The van der Waals surface area contributed by atoms with Gasteiger partial charge in [0.1, 0.15) is 0 Å². The Morgan fingerprint density at radius 2 is 2.19 bits per heavy atom. The maximum atomic E-state index is 5.49. The molecular weight excluding hydrogens is 226 g/mol. The van der Waals surface area contributed by atoms with E-state index >= 15 is 0 Å². The molecule has 16 heavy (non-hydrogen) atoms. The van der Waals surface area contributed by atoms with Crippen molar-refractivity contribution in [2.45, 2.75) is 0 Å². The highest BCUT2D eigenvalue weighted by Gasteiger charge is 1.99. The van der Waals surface area contributed by atoms with Crippen molar-refractivity contribution in [2.75, 3.05) is 31.0 Å². The largest absolute Gasteiger partial charge is 0.378 e. The molecule has 0 bridgehead atoms. The summed E-state index contributed by atoms with van der Waals surface area (Å²) >= 11 is 5.49. The van der Waals surface area contributed by atoms with Crippen LogP contribution in [0.1, 0.15) is 0 Å². The summed E-state index contributed by atoms with van der Waals surface area (Å²) in [6, 6.07) is 7.92. The van der Waals surface area contributed by atoms with E-state index in [1.165, 1.54) is 0 Å². The van der Waals surface area contributed by atoms with Crippen molar-refractivity contribution in [3.63, 3.8) is 0 Å². The lowest BCUT2D eigenvalue weighted by molar-refractivity contribution is 0.160. The van der Waals surface area contributed by atoms with Gasteiger partial charge in [-0.2, -0.15) is 0 Å². The predicted octanol–water partition coefficient (Wildman–Crippen LogP) is 2.23. The average molecular weight is 240 g/mol. The van der Waals surface area contributed by atoms with Crippen LogP contribution in [0.3, 0.4) is 0 Å². The molecule has 2 N–H and O–H groups in total. The van der Waals surface area contributed by atoms with Gasteiger partial charge in [0.25, 0.3) is 0 Å². The maximum absolute atomic E-state index is 5.49. The number of alkyl halides is 1. The van der Waals surface area contributed by atoms with Crippen LogP contribution in [0.25, 0.3) is 11.0 Å². The first-order valence-electron chi connectivity index (χ1n) is 5.22. The van der Waals surface area contributed by atoms with Crippen LogP contribution in [0.2, 0.25) is 0 Å². The van der Waals surface area contributed by atoms with Gasteiger partial charge in [0.05, 0.1) is 24.2 Å². The average Bonchev–Trinajstić information content (AvgIpc) is 2.71. The van der Waals surface area contributed by atoms with E-state index in [0.717, 1.165) is 23.5 Å². The Bertz CT molecular complexity index is 410. The minimum Gasteiger partial charge on any atom is -0.378 e. The van der Waals surface area contributed by atoms with Crippen LogP contribution in [-0.2, 0) is 4.74 Å². The van der Waals surface area contributed by atoms with E-state index < -0.39 is 0 Å². The fourth-order valence-electron chi connectivity index (χ4n) is 1.43. The number of para-hydroxylation sites is 2. The lowest BCUT2D eigenvalue weighted by Crippen LogP contribution is -2.11. The summed E-state index contributed by atoms with van der Waals surface area (Å²) in [5.74, 6) is 1.31. The number of nitrogens with zero attached hydrogens (tertiary/aromatic N) is 1. The van der Waals surface area contributed by atoms with Crippen molar-refractivity contribution in [3.8, 4) is 0 Å². The highest BCUT2D eigenvalue weighted by atomic mass is 35.5. The lowest BCUT2D eigenvalue weighted by Gasteiger charge is -2.02. The number of halogens is 1. The van der Waals surface area contributed by atoms with Gasteiger partial charge in [-0.05, 0) is 12.1 Å². The molecule has 0 spiro atoms. The standard InChI is InChI=1S/C11H14ClN3O/c12-5-7-16-8-6-13-11-14-9-3-1-2-4-10(9)15-11/h1-4H,5-8H2,(H2,13,14,15). The van der Waals surface area contributed by atoms with Crippen molar-refractivity contribution < 1.29 is 4.74 Å². The molecule has 86 valence electrons. The molecule has 1 aromatic carbocycles.